The van der Waals surface area contributed by atoms with Gasteiger partial charge in [-0.2, -0.15) is 0 Å². The summed E-state index contributed by atoms with van der Waals surface area (Å²) in [5.41, 5.74) is -0.0320. The van der Waals surface area contributed by atoms with Crippen LogP contribution in [0.5, 0.6) is 0 Å². The Morgan fingerprint density at radius 3 is 2.48 bits per heavy atom. The van der Waals surface area contributed by atoms with E-state index >= 15 is 0 Å². The molecular formula is C13H20N4O4. The minimum Gasteiger partial charge on any atom is -0.394 e. The van der Waals surface area contributed by atoms with E-state index in [4.69, 9.17) is 5.11 Å². The third-order valence-corrected chi connectivity index (χ3v) is 3.53. The Balaban J connectivity index is 2.61. The summed E-state index contributed by atoms with van der Waals surface area (Å²) in [7, 11) is 0. The molecule has 2 rings (SSSR count). The highest BCUT2D eigenvalue weighted by molar-refractivity contribution is 5.70. The van der Waals surface area contributed by atoms with Crippen molar-refractivity contribution in [3.8, 4) is 0 Å². The SMILES string of the molecule is CCn1c(=O)c2c(ncn2CCC(O)CO)n(CC)c1=O. The molecule has 2 aromatic rings. The number of rotatable bonds is 6. The van der Waals surface area contributed by atoms with Gasteiger partial charge in [0.15, 0.2) is 11.2 Å². The highest BCUT2D eigenvalue weighted by atomic mass is 16.3. The summed E-state index contributed by atoms with van der Waals surface area (Å²) in [4.78, 5) is 28.8. The Morgan fingerprint density at radius 1 is 1.24 bits per heavy atom. The van der Waals surface area contributed by atoms with E-state index in [0.29, 0.717) is 30.7 Å². The number of fused-ring (bicyclic) bond motifs is 1. The zero-order valence-electron chi connectivity index (χ0n) is 12.2. The van der Waals surface area contributed by atoms with E-state index in [0.717, 1.165) is 0 Å². The molecule has 116 valence electrons. The van der Waals surface area contributed by atoms with Crippen LogP contribution in [0, 0.1) is 0 Å². The standard InChI is InChI=1S/C13H20N4O4/c1-3-16-11-10(12(20)17(4-2)13(16)21)15(8-14-11)6-5-9(19)7-18/h8-9,18-19H,3-7H2,1-2H3. The second-order valence-corrected chi connectivity index (χ2v) is 4.81. The lowest BCUT2D eigenvalue weighted by molar-refractivity contribution is 0.0849. The summed E-state index contributed by atoms with van der Waals surface area (Å²) in [5.74, 6) is 0. The Kier molecular flexibility index (Phi) is 4.59. The average Bonchev–Trinajstić information content (AvgIpc) is 2.89. The van der Waals surface area contributed by atoms with Crippen LogP contribution in [0.25, 0.3) is 11.2 Å². The van der Waals surface area contributed by atoms with Gasteiger partial charge in [0.05, 0.1) is 19.0 Å². The van der Waals surface area contributed by atoms with Crippen LogP contribution in [-0.4, -0.2) is 41.6 Å². The molecule has 1 atom stereocenters. The van der Waals surface area contributed by atoms with Gasteiger partial charge in [0.2, 0.25) is 0 Å². The molecule has 21 heavy (non-hydrogen) atoms. The minimum absolute atomic E-state index is 0.290. The number of imidazole rings is 1. The van der Waals surface area contributed by atoms with E-state index in [1.807, 2.05) is 6.92 Å². The monoisotopic (exact) mass is 296 g/mol. The van der Waals surface area contributed by atoms with Gasteiger partial charge < -0.3 is 14.8 Å². The molecule has 0 aromatic carbocycles. The molecule has 0 fully saturated rings. The maximum atomic E-state index is 12.4. The third kappa shape index (κ3) is 2.64. The summed E-state index contributed by atoms with van der Waals surface area (Å²) in [5, 5.41) is 18.3. The molecule has 0 saturated heterocycles. The summed E-state index contributed by atoms with van der Waals surface area (Å²) < 4.78 is 4.25. The molecular weight excluding hydrogens is 276 g/mol. The highest BCUT2D eigenvalue weighted by Crippen LogP contribution is 2.08. The van der Waals surface area contributed by atoms with Crippen molar-refractivity contribution in [3.05, 3.63) is 27.2 Å². The molecule has 0 aliphatic rings. The van der Waals surface area contributed by atoms with Crippen molar-refractivity contribution in [1.82, 2.24) is 18.7 Å². The average molecular weight is 296 g/mol. The summed E-state index contributed by atoms with van der Waals surface area (Å²) in [6.45, 7) is 4.29. The first-order valence-electron chi connectivity index (χ1n) is 7.02. The van der Waals surface area contributed by atoms with E-state index in [2.05, 4.69) is 4.98 Å². The molecule has 0 aliphatic heterocycles. The first-order valence-corrected chi connectivity index (χ1v) is 7.02. The van der Waals surface area contributed by atoms with Crippen LogP contribution in [0.3, 0.4) is 0 Å². The topological polar surface area (TPSA) is 102 Å². The van der Waals surface area contributed by atoms with Crippen molar-refractivity contribution >= 4 is 11.2 Å². The molecule has 0 bridgehead atoms. The van der Waals surface area contributed by atoms with Gasteiger partial charge >= 0.3 is 5.69 Å². The number of nitrogens with zero attached hydrogens (tertiary/aromatic N) is 4. The summed E-state index contributed by atoms with van der Waals surface area (Å²) >= 11 is 0. The van der Waals surface area contributed by atoms with Crippen LogP contribution >= 0.6 is 0 Å². The lowest BCUT2D eigenvalue weighted by Crippen LogP contribution is -2.40. The van der Waals surface area contributed by atoms with Crippen molar-refractivity contribution in [2.24, 2.45) is 0 Å². The molecule has 0 spiro atoms. The zero-order chi connectivity index (χ0) is 15.6. The van der Waals surface area contributed by atoms with E-state index in [9.17, 15) is 14.7 Å². The van der Waals surface area contributed by atoms with E-state index in [-0.39, 0.29) is 24.4 Å². The Hall–Kier alpha value is -1.93. The van der Waals surface area contributed by atoms with Gasteiger partial charge in [0.25, 0.3) is 5.56 Å². The number of aromatic nitrogens is 4. The molecule has 2 N–H and O–H groups in total. The molecule has 0 saturated carbocycles. The normalized spacial score (nSPS) is 13.0. The Morgan fingerprint density at radius 2 is 1.90 bits per heavy atom. The predicted molar refractivity (Wildman–Crippen MR) is 77.3 cm³/mol. The predicted octanol–water partition coefficient (Wildman–Crippen LogP) is -0.857. The second-order valence-electron chi connectivity index (χ2n) is 4.81. The first-order chi connectivity index (χ1) is 10.0. The lowest BCUT2D eigenvalue weighted by atomic mass is 10.2. The largest absolute Gasteiger partial charge is 0.394 e. The molecule has 2 aromatic heterocycles. The van der Waals surface area contributed by atoms with Gasteiger partial charge in [-0.15, -0.1) is 0 Å². The van der Waals surface area contributed by atoms with Crippen molar-refractivity contribution in [3.63, 3.8) is 0 Å². The second kappa shape index (κ2) is 6.23. The van der Waals surface area contributed by atoms with Crippen LogP contribution in [0.1, 0.15) is 20.3 Å². The summed E-state index contributed by atoms with van der Waals surface area (Å²) in [6.07, 6.45) is 0.952. The lowest BCUT2D eigenvalue weighted by Gasteiger charge is -2.11. The van der Waals surface area contributed by atoms with Crippen molar-refractivity contribution in [2.75, 3.05) is 6.61 Å². The van der Waals surface area contributed by atoms with Crippen LogP contribution in [0.2, 0.25) is 0 Å². The maximum Gasteiger partial charge on any atom is 0.332 e. The van der Waals surface area contributed by atoms with Crippen LogP contribution in [0.15, 0.2) is 15.9 Å². The van der Waals surface area contributed by atoms with Crippen LogP contribution in [-0.2, 0) is 19.6 Å². The molecule has 8 heteroatoms. The smallest absolute Gasteiger partial charge is 0.332 e. The molecule has 1 unspecified atom stereocenters. The van der Waals surface area contributed by atoms with E-state index in [1.165, 1.54) is 15.5 Å². The molecule has 8 nitrogen and oxygen atoms in total. The highest BCUT2D eigenvalue weighted by Gasteiger charge is 2.16. The van der Waals surface area contributed by atoms with Gasteiger partial charge in [-0.05, 0) is 20.3 Å². The van der Waals surface area contributed by atoms with Gasteiger partial charge in [0.1, 0.15) is 0 Å². The van der Waals surface area contributed by atoms with Crippen LogP contribution < -0.4 is 11.2 Å². The molecule has 0 amide bonds. The van der Waals surface area contributed by atoms with Crippen molar-refractivity contribution in [2.45, 2.75) is 46.0 Å². The fourth-order valence-electron chi connectivity index (χ4n) is 2.35. The number of hydrogen-bond donors (Lipinski definition) is 2. The summed E-state index contributed by atoms with van der Waals surface area (Å²) in [6, 6.07) is 0. The number of aliphatic hydroxyl groups is 2. The van der Waals surface area contributed by atoms with Crippen molar-refractivity contribution in [1.29, 1.82) is 0 Å². The fourth-order valence-corrected chi connectivity index (χ4v) is 2.35. The van der Waals surface area contributed by atoms with Gasteiger partial charge in [-0.3, -0.25) is 13.9 Å². The number of hydrogen-bond acceptors (Lipinski definition) is 5. The van der Waals surface area contributed by atoms with E-state index < -0.39 is 6.10 Å². The Labute approximate surface area is 120 Å². The molecule has 0 aliphatic carbocycles. The maximum absolute atomic E-state index is 12.4. The van der Waals surface area contributed by atoms with Gasteiger partial charge in [-0.1, -0.05) is 0 Å². The molecule has 2 heterocycles. The number of aliphatic hydroxyl groups excluding tert-OH is 2. The quantitative estimate of drug-likeness (QED) is 0.722. The van der Waals surface area contributed by atoms with Crippen LogP contribution in [0.4, 0.5) is 0 Å². The first kappa shape index (κ1) is 15.5. The number of aryl methyl sites for hydroxylation is 2. The van der Waals surface area contributed by atoms with E-state index in [1.54, 1.807) is 11.5 Å². The van der Waals surface area contributed by atoms with Gasteiger partial charge in [-0.25, -0.2) is 9.78 Å². The molecule has 0 radical (unpaired) electrons. The van der Waals surface area contributed by atoms with Gasteiger partial charge in [0, 0.05) is 19.6 Å². The zero-order valence-corrected chi connectivity index (χ0v) is 12.2. The Bertz CT molecular complexity index is 743. The third-order valence-electron chi connectivity index (χ3n) is 3.53. The fraction of sp³-hybridized carbons (Fsp3) is 0.615. The van der Waals surface area contributed by atoms with Crippen molar-refractivity contribution < 1.29 is 10.2 Å². The minimum atomic E-state index is -0.840.